The molecule has 0 aromatic heterocycles. The smallest absolute Gasteiger partial charge is 0.165 e. The topological polar surface area (TPSA) is 21.3 Å². The van der Waals surface area contributed by atoms with E-state index in [0.717, 1.165) is 32.4 Å². The van der Waals surface area contributed by atoms with E-state index in [4.69, 9.17) is 4.74 Å². The molecule has 0 amide bonds. The highest BCUT2D eigenvalue weighted by atomic mass is 19.1. The molecule has 1 rings (SSSR count). The summed E-state index contributed by atoms with van der Waals surface area (Å²) in [6, 6.07) is 6.57. The van der Waals surface area contributed by atoms with Crippen molar-refractivity contribution in [2.75, 3.05) is 13.1 Å². The lowest BCUT2D eigenvalue weighted by molar-refractivity contribution is 0.179. The summed E-state index contributed by atoms with van der Waals surface area (Å²) in [5.41, 5.74) is 0. The number of halogens is 1. The molecule has 0 radical (unpaired) electrons. The van der Waals surface area contributed by atoms with Crippen LogP contribution in [0.4, 0.5) is 4.39 Å². The Kier molecular flexibility index (Phi) is 6.63. The van der Waals surface area contributed by atoms with Gasteiger partial charge < -0.3 is 10.1 Å². The van der Waals surface area contributed by atoms with E-state index >= 15 is 0 Å². The van der Waals surface area contributed by atoms with Crippen molar-refractivity contribution in [1.82, 2.24) is 5.32 Å². The van der Waals surface area contributed by atoms with Crippen LogP contribution in [0.3, 0.4) is 0 Å². The summed E-state index contributed by atoms with van der Waals surface area (Å²) in [4.78, 5) is 0. The molecule has 1 aromatic carbocycles. The lowest BCUT2D eigenvalue weighted by atomic mass is 10.2. The summed E-state index contributed by atoms with van der Waals surface area (Å²) in [6.45, 7) is 5.98. The largest absolute Gasteiger partial charge is 0.486 e. The molecule has 0 aliphatic rings. The standard InChI is InChI=1S/C14H22FNO/c1-3-7-12(11-16-10-4-2)17-14-9-6-5-8-13(14)15/h5-6,8-9,12,16H,3-4,7,10-11H2,1-2H3. The first-order chi connectivity index (χ1) is 8.27. The van der Waals surface area contributed by atoms with Crippen molar-refractivity contribution in [2.45, 2.75) is 39.2 Å². The molecule has 0 bridgehead atoms. The third kappa shape index (κ3) is 5.18. The SMILES string of the molecule is CCCNCC(CCC)Oc1ccccc1F. The zero-order valence-corrected chi connectivity index (χ0v) is 10.7. The van der Waals surface area contributed by atoms with Gasteiger partial charge >= 0.3 is 0 Å². The Morgan fingerprint density at radius 2 is 2.00 bits per heavy atom. The van der Waals surface area contributed by atoms with Crippen LogP contribution in [0, 0.1) is 5.82 Å². The number of nitrogens with one attached hydrogen (secondary N) is 1. The maximum absolute atomic E-state index is 13.4. The van der Waals surface area contributed by atoms with Crippen molar-refractivity contribution in [1.29, 1.82) is 0 Å². The molecule has 1 unspecified atom stereocenters. The predicted molar refractivity (Wildman–Crippen MR) is 68.9 cm³/mol. The van der Waals surface area contributed by atoms with Gasteiger partial charge in [0.2, 0.25) is 0 Å². The molecule has 0 saturated heterocycles. The Labute approximate surface area is 103 Å². The van der Waals surface area contributed by atoms with Gasteiger partial charge in [-0.15, -0.1) is 0 Å². The highest BCUT2D eigenvalue weighted by molar-refractivity contribution is 5.23. The van der Waals surface area contributed by atoms with Crippen LogP contribution in [0.5, 0.6) is 5.75 Å². The zero-order valence-electron chi connectivity index (χ0n) is 10.7. The fourth-order valence-corrected chi connectivity index (χ4v) is 1.68. The second-order valence-electron chi connectivity index (χ2n) is 4.16. The summed E-state index contributed by atoms with van der Waals surface area (Å²) >= 11 is 0. The van der Waals surface area contributed by atoms with Crippen LogP contribution in [-0.4, -0.2) is 19.2 Å². The van der Waals surface area contributed by atoms with Gasteiger partial charge in [0.1, 0.15) is 6.10 Å². The molecular weight excluding hydrogens is 217 g/mol. The van der Waals surface area contributed by atoms with E-state index in [1.807, 2.05) is 0 Å². The quantitative estimate of drug-likeness (QED) is 0.702. The van der Waals surface area contributed by atoms with Crippen LogP contribution < -0.4 is 10.1 Å². The van der Waals surface area contributed by atoms with Crippen molar-refractivity contribution in [3.63, 3.8) is 0 Å². The Bertz CT molecular complexity index is 317. The van der Waals surface area contributed by atoms with Crippen LogP contribution in [0.1, 0.15) is 33.1 Å². The van der Waals surface area contributed by atoms with Gasteiger partial charge in [0.15, 0.2) is 11.6 Å². The highest BCUT2D eigenvalue weighted by Gasteiger charge is 2.11. The molecule has 0 aliphatic carbocycles. The Morgan fingerprint density at radius 1 is 1.24 bits per heavy atom. The lowest BCUT2D eigenvalue weighted by Gasteiger charge is -2.19. The maximum Gasteiger partial charge on any atom is 0.165 e. The molecule has 0 fully saturated rings. The van der Waals surface area contributed by atoms with E-state index in [9.17, 15) is 4.39 Å². The molecule has 17 heavy (non-hydrogen) atoms. The first kappa shape index (κ1) is 14.0. The molecule has 96 valence electrons. The minimum absolute atomic E-state index is 0.0449. The number of benzene rings is 1. The molecule has 0 saturated carbocycles. The Balaban J connectivity index is 2.50. The number of para-hydroxylation sites is 1. The van der Waals surface area contributed by atoms with Crippen LogP contribution in [0.15, 0.2) is 24.3 Å². The second-order valence-corrected chi connectivity index (χ2v) is 4.16. The molecule has 0 heterocycles. The van der Waals surface area contributed by atoms with Crippen molar-refractivity contribution in [3.05, 3.63) is 30.1 Å². The summed E-state index contributed by atoms with van der Waals surface area (Å²) in [7, 11) is 0. The molecule has 0 aliphatic heterocycles. The molecule has 0 spiro atoms. The third-order valence-corrected chi connectivity index (χ3v) is 2.54. The zero-order chi connectivity index (χ0) is 12.5. The summed E-state index contributed by atoms with van der Waals surface area (Å²) < 4.78 is 19.1. The first-order valence-electron chi connectivity index (χ1n) is 6.39. The Morgan fingerprint density at radius 3 is 2.65 bits per heavy atom. The Hall–Kier alpha value is -1.09. The van der Waals surface area contributed by atoms with Gasteiger partial charge in [-0.1, -0.05) is 32.4 Å². The highest BCUT2D eigenvalue weighted by Crippen LogP contribution is 2.18. The van der Waals surface area contributed by atoms with Crippen LogP contribution >= 0.6 is 0 Å². The number of ether oxygens (including phenoxy) is 1. The predicted octanol–water partition coefficient (Wildman–Crippen LogP) is 3.37. The van der Waals surface area contributed by atoms with E-state index in [1.165, 1.54) is 6.07 Å². The van der Waals surface area contributed by atoms with Gasteiger partial charge in [-0.3, -0.25) is 0 Å². The average molecular weight is 239 g/mol. The fraction of sp³-hybridized carbons (Fsp3) is 0.571. The lowest BCUT2D eigenvalue weighted by Crippen LogP contribution is -2.32. The average Bonchev–Trinajstić information content (AvgIpc) is 2.32. The van der Waals surface area contributed by atoms with Crippen molar-refractivity contribution in [3.8, 4) is 5.75 Å². The normalized spacial score (nSPS) is 12.4. The van der Waals surface area contributed by atoms with E-state index in [-0.39, 0.29) is 11.9 Å². The van der Waals surface area contributed by atoms with E-state index in [0.29, 0.717) is 5.75 Å². The summed E-state index contributed by atoms with van der Waals surface area (Å²) in [5, 5.41) is 3.31. The van der Waals surface area contributed by atoms with Crippen molar-refractivity contribution < 1.29 is 9.13 Å². The summed E-state index contributed by atoms with van der Waals surface area (Å²) in [6.07, 6.45) is 3.11. The minimum atomic E-state index is -0.288. The third-order valence-electron chi connectivity index (χ3n) is 2.54. The maximum atomic E-state index is 13.4. The van der Waals surface area contributed by atoms with Gasteiger partial charge in [-0.05, 0) is 31.5 Å². The van der Waals surface area contributed by atoms with Gasteiger partial charge in [0, 0.05) is 6.54 Å². The minimum Gasteiger partial charge on any atom is -0.486 e. The van der Waals surface area contributed by atoms with Crippen LogP contribution in [-0.2, 0) is 0 Å². The number of rotatable bonds is 8. The van der Waals surface area contributed by atoms with E-state index in [2.05, 4.69) is 19.2 Å². The monoisotopic (exact) mass is 239 g/mol. The molecule has 3 heteroatoms. The molecule has 1 N–H and O–H groups in total. The van der Waals surface area contributed by atoms with Crippen molar-refractivity contribution in [2.24, 2.45) is 0 Å². The molecule has 2 nitrogen and oxygen atoms in total. The van der Waals surface area contributed by atoms with Crippen LogP contribution in [0.2, 0.25) is 0 Å². The first-order valence-corrected chi connectivity index (χ1v) is 6.39. The van der Waals surface area contributed by atoms with E-state index in [1.54, 1.807) is 18.2 Å². The van der Waals surface area contributed by atoms with Gasteiger partial charge in [0.05, 0.1) is 0 Å². The second kappa shape index (κ2) is 8.07. The van der Waals surface area contributed by atoms with Gasteiger partial charge in [0.25, 0.3) is 0 Å². The molecule has 1 aromatic rings. The van der Waals surface area contributed by atoms with Crippen molar-refractivity contribution >= 4 is 0 Å². The molecular formula is C14H22FNO. The summed E-state index contributed by atoms with van der Waals surface area (Å²) in [5.74, 6) is 0.0633. The fourth-order valence-electron chi connectivity index (χ4n) is 1.68. The van der Waals surface area contributed by atoms with E-state index < -0.39 is 0 Å². The van der Waals surface area contributed by atoms with Gasteiger partial charge in [-0.2, -0.15) is 0 Å². The number of hydrogen-bond donors (Lipinski definition) is 1. The van der Waals surface area contributed by atoms with Crippen LogP contribution in [0.25, 0.3) is 0 Å². The molecule has 1 atom stereocenters. The number of hydrogen-bond acceptors (Lipinski definition) is 2. The van der Waals surface area contributed by atoms with Gasteiger partial charge in [-0.25, -0.2) is 4.39 Å².